The molecule has 0 N–H and O–H groups in total. The van der Waals surface area contributed by atoms with Crippen LogP contribution in [0.2, 0.25) is 0 Å². The number of alkyl halides is 3. The summed E-state index contributed by atoms with van der Waals surface area (Å²) in [6, 6.07) is 5.98. The molecule has 6 rings (SSSR count). The molecule has 1 atom stereocenters. The number of benzene rings is 1. The Morgan fingerprint density at radius 3 is 2.53 bits per heavy atom. The first-order chi connectivity index (χ1) is 18.1. The molecule has 0 spiro atoms. The number of hydrogen-bond donors (Lipinski definition) is 0. The zero-order chi connectivity index (χ0) is 26.8. The number of hydrogen-bond acceptors (Lipinski definition) is 5. The van der Waals surface area contributed by atoms with E-state index in [0.717, 1.165) is 24.4 Å². The van der Waals surface area contributed by atoms with E-state index >= 15 is 0 Å². The van der Waals surface area contributed by atoms with Crippen molar-refractivity contribution >= 4 is 16.8 Å². The standard InChI is InChI=1S/C27H27F3N6O2/c1-15-26(37)34(2)14-22-24(33-25(36(15)22)16-7-9-38-10-8-16)18-5-4-6-21-19(18)11-20(27(28,29)30)23(32-21)17-12-31-35(3)13-17/h4-6,11-13,15-16H,7-10,14H2,1-3H3/t15-/m1/s1. The van der Waals surface area contributed by atoms with E-state index in [2.05, 4.69) is 10.1 Å². The lowest BCUT2D eigenvalue weighted by Gasteiger charge is -2.32. The molecule has 0 saturated carbocycles. The minimum absolute atomic E-state index is 0.0187. The summed E-state index contributed by atoms with van der Waals surface area (Å²) in [5, 5.41) is 4.39. The van der Waals surface area contributed by atoms with Gasteiger partial charge in [0.25, 0.3) is 0 Å². The summed E-state index contributed by atoms with van der Waals surface area (Å²) < 4.78 is 52.0. The predicted molar refractivity (Wildman–Crippen MR) is 134 cm³/mol. The number of amides is 1. The summed E-state index contributed by atoms with van der Waals surface area (Å²) in [6.07, 6.45) is -0.171. The molecule has 0 aliphatic carbocycles. The highest BCUT2D eigenvalue weighted by molar-refractivity contribution is 5.96. The van der Waals surface area contributed by atoms with Crippen molar-refractivity contribution in [3.05, 3.63) is 53.7 Å². The molecule has 0 bridgehead atoms. The van der Waals surface area contributed by atoms with Crippen molar-refractivity contribution in [2.24, 2.45) is 7.05 Å². The van der Waals surface area contributed by atoms with Crippen molar-refractivity contribution in [2.75, 3.05) is 20.3 Å². The van der Waals surface area contributed by atoms with Crippen molar-refractivity contribution in [3.8, 4) is 22.5 Å². The number of fused-ring (bicyclic) bond motifs is 2. The van der Waals surface area contributed by atoms with E-state index in [1.165, 1.54) is 23.1 Å². The smallest absolute Gasteiger partial charge is 0.381 e. The Bertz CT molecular complexity index is 1550. The fourth-order valence-electron chi connectivity index (χ4n) is 5.64. The number of halogens is 3. The number of carbonyl (C=O) groups excluding carboxylic acids is 1. The van der Waals surface area contributed by atoms with Crippen LogP contribution in [0.5, 0.6) is 0 Å². The number of aromatic nitrogens is 5. The van der Waals surface area contributed by atoms with Gasteiger partial charge in [0.05, 0.1) is 40.9 Å². The zero-order valence-electron chi connectivity index (χ0n) is 21.3. The molecule has 1 fully saturated rings. The van der Waals surface area contributed by atoms with Gasteiger partial charge in [-0.05, 0) is 31.9 Å². The minimum Gasteiger partial charge on any atom is -0.381 e. The van der Waals surface area contributed by atoms with Crippen LogP contribution < -0.4 is 0 Å². The highest BCUT2D eigenvalue weighted by atomic mass is 19.4. The second-order valence-electron chi connectivity index (χ2n) is 10.0. The summed E-state index contributed by atoms with van der Waals surface area (Å²) in [4.78, 5) is 24.1. The number of pyridine rings is 1. The molecular formula is C27H27F3N6O2. The summed E-state index contributed by atoms with van der Waals surface area (Å²) in [7, 11) is 3.39. The Balaban J connectivity index is 1.60. The van der Waals surface area contributed by atoms with Gasteiger partial charge in [-0.1, -0.05) is 12.1 Å². The van der Waals surface area contributed by atoms with Crippen molar-refractivity contribution in [2.45, 2.75) is 44.4 Å². The number of carbonyl (C=O) groups is 1. The molecule has 1 aromatic carbocycles. The Labute approximate surface area is 217 Å². The molecule has 4 aromatic rings. The van der Waals surface area contributed by atoms with Crippen LogP contribution >= 0.6 is 0 Å². The van der Waals surface area contributed by atoms with E-state index < -0.39 is 17.8 Å². The van der Waals surface area contributed by atoms with Gasteiger partial charge in [-0.2, -0.15) is 18.3 Å². The van der Waals surface area contributed by atoms with Crippen LogP contribution in [0, 0.1) is 0 Å². The Hall–Kier alpha value is -3.73. The van der Waals surface area contributed by atoms with Crippen LogP contribution in [0.4, 0.5) is 13.2 Å². The maximum atomic E-state index is 14.3. The first kappa shape index (κ1) is 24.6. The molecule has 198 valence electrons. The first-order valence-electron chi connectivity index (χ1n) is 12.6. The number of imidazole rings is 1. The first-order valence-corrected chi connectivity index (χ1v) is 12.6. The lowest BCUT2D eigenvalue weighted by atomic mass is 9.98. The van der Waals surface area contributed by atoms with Gasteiger partial charge >= 0.3 is 6.18 Å². The Morgan fingerprint density at radius 1 is 1.08 bits per heavy atom. The molecule has 8 nitrogen and oxygen atoms in total. The van der Waals surface area contributed by atoms with Crippen LogP contribution in [0.15, 0.2) is 36.7 Å². The van der Waals surface area contributed by atoms with Gasteiger partial charge in [0, 0.05) is 55.9 Å². The average Bonchev–Trinajstić information content (AvgIpc) is 3.50. The third-order valence-electron chi connectivity index (χ3n) is 7.53. The monoisotopic (exact) mass is 524 g/mol. The van der Waals surface area contributed by atoms with E-state index in [1.807, 2.05) is 11.5 Å². The van der Waals surface area contributed by atoms with E-state index in [0.29, 0.717) is 47.5 Å². The van der Waals surface area contributed by atoms with E-state index in [9.17, 15) is 18.0 Å². The molecule has 2 aliphatic heterocycles. The summed E-state index contributed by atoms with van der Waals surface area (Å²) in [5.41, 5.74) is 1.70. The molecule has 11 heteroatoms. The maximum Gasteiger partial charge on any atom is 0.418 e. The fourth-order valence-corrected chi connectivity index (χ4v) is 5.64. The molecular weight excluding hydrogens is 497 g/mol. The van der Waals surface area contributed by atoms with Crippen molar-refractivity contribution in [1.29, 1.82) is 0 Å². The van der Waals surface area contributed by atoms with Gasteiger partial charge in [-0.3, -0.25) is 9.48 Å². The third kappa shape index (κ3) is 3.96. The number of rotatable bonds is 3. The number of nitrogens with zero attached hydrogens (tertiary/aromatic N) is 6. The Kier molecular flexibility index (Phi) is 5.78. The van der Waals surface area contributed by atoms with Crippen LogP contribution in [0.3, 0.4) is 0 Å². The van der Waals surface area contributed by atoms with Crippen molar-refractivity contribution in [1.82, 2.24) is 29.2 Å². The van der Waals surface area contributed by atoms with Gasteiger partial charge in [-0.15, -0.1) is 0 Å². The Morgan fingerprint density at radius 2 is 1.84 bits per heavy atom. The van der Waals surface area contributed by atoms with Gasteiger partial charge < -0.3 is 14.2 Å². The van der Waals surface area contributed by atoms with Crippen LogP contribution in [0.25, 0.3) is 33.4 Å². The summed E-state index contributed by atoms with van der Waals surface area (Å²) in [6.45, 7) is 3.38. The summed E-state index contributed by atoms with van der Waals surface area (Å²) >= 11 is 0. The largest absolute Gasteiger partial charge is 0.418 e. The fraction of sp³-hybridized carbons (Fsp3) is 0.407. The molecule has 5 heterocycles. The average molecular weight is 525 g/mol. The van der Waals surface area contributed by atoms with E-state index in [1.54, 1.807) is 37.2 Å². The SMILES string of the molecule is C[C@@H]1C(=O)N(C)Cc2c(-c3cccc4nc(-c5cnn(C)c5)c(C(F)(F)F)cc34)nc(C3CCOCC3)n21. The second kappa shape index (κ2) is 8.93. The highest BCUT2D eigenvalue weighted by Gasteiger charge is 2.38. The topological polar surface area (TPSA) is 78.1 Å². The molecule has 2 aliphatic rings. The number of aryl methyl sites for hydroxylation is 1. The molecule has 1 saturated heterocycles. The quantitative estimate of drug-likeness (QED) is 0.379. The third-order valence-corrected chi connectivity index (χ3v) is 7.53. The van der Waals surface area contributed by atoms with E-state index in [-0.39, 0.29) is 17.5 Å². The van der Waals surface area contributed by atoms with Gasteiger partial charge in [0.15, 0.2) is 0 Å². The zero-order valence-corrected chi connectivity index (χ0v) is 21.3. The molecule has 1 amide bonds. The van der Waals surface area contributed by atoms with Crippen LogP contribution in [0.1, 0.15) is 48.8 Å². The van der Waals surface area contributed by atoms with Gasteiger partial charge in [0.2, 0.25) is 5.91 Å². The molecule has 38 heavy (non-hydrogen) atoms. The number of ether oxygens (including phenoxy) is 1. The molecule has 0 unspecified atom stereocenters. The van der Waals surface area contributed by atoms with Crippen molar-refractivity contribution < 1.29 is 22.7 Å². The maximum absolute atomic E-state index is 14.3. The number of likely N-dealkylation sites (N-methyl/N-ethyl adjacent to an activating group) is 1. The predicted octanol–water partition coefficient (Wildman–Crippen LogP) is 4.94. The normalized spacial score (nSPS) is 18.8. The van der Waals surface area contributed by atoms with Crippen molar-refractivity contribution in [3.63, 3.8) is 0 Å². The molecule has 3 aromatic heterocycles. The summed E-state index contributed by atoms with van der Waals surface area (Å²) in [5.74, 6) is 0.876. The van der Waals surface area contributed by atoms with Crippen LogP contribution in [-0.2, 0) is 29.3 Å². The minimum atomic E-state index is -4.62. The highest BCUT2D eigenvalue weighted by Crippen LogP contribution is 2.42. The van der Waals surface area contributed by atoms with Gasteiger partial charge in [0.1, 0.15) is 11.9 Å². The lowest BCUT2D eigenvalue weighted by molar-refractivity contribution is -0.137. The van der Waals surface area contributed by atoms with E-state index in [4.69, 9.17) is 9.72 Å². The lowest BCUT2D eigenvalue weighted by Crippen LogP contribution is -2.40. The van der Waals surface area contributed by atoms with Crippen LogP contribution in [-0.4, -0.2) is 55.4 Å². The molecule has 0 radical (unpaired) electrons. The second-order valence-corrected chi connectivity index (χ2v) is 10.0. The van der Waals surface area contributed by atoms with Gasteiger partial charge in [-0.25, -0.2) is 9.97 Å².